The minimum Gasteiger partial charge on any atom is -0.329 e. The van der Waals surface area contributed by atoms with Gasteiger partial charge in [0.05, 0.1) is 0 Å². The van der Waals surface area contributed by atoms with Crippen LogP contribution in [0.5, 0.6) is 0 Å². The molecule has 0 saturated heterocycles. The molecule has 0 aromatic heterocycles. The third-order valence-electron chi connectivity index (χ3n) is 3.13. The van der Waals surface area contributed by atoms with Crippen LogP contribution in [0.2, 0.25) is 0 Å². The van der Waals surface area contributed by atoms with Crippen LogP contribution < -0.4 is 0 Å². The third-order valence-corrected chi connectivity index (χ3v) is 3.13. The molecule has 152 valence electrons. The van der Waals surface area contributed by atoms with E-state index in [1.807, 2.05) is 0 Å². The van der Waals surface area contributed by atoms with E-state index in [1.54, 1.807) is 0 Å². The molecule has 0 nitrogen and oxygen atoms in total. The van der Waals surface area contributed by atoms with E-state index in [9.17, 15) is 0 Å². The summed E-state index contributed by atoms with van der Waals surface area (Å²) in [6, 6.07) is 0. The molecule has 0 unspecified atom stereocenters. The van der Waals surface area contributed by atoms with E-state index in [0.29, 0.717) is 0 Å². The van der Waals surface area contributed by atoms with Crippen LogP contribution in [0.25, 0.3) is 0 Å². The summed E-state index contributed by atoms with van der Waals surface area (Å²) in [6.07, 6.45) is 24.5. The molecule has 1 heteroatoms. The Morgan fingerprint density at radius 3 is 0.560 bits per heavy atom. The fourth-order valence-electron chi connectivity index (χ4n) is 1.63. The zero-order chi connectivity index (χ0) is 19.3. The van der Waals surface area contributed by atoms with E-state index in [-0.39, 0.29) is 25.8 Å². The van der Waals surface area contributed by atoms with Crippen molar-refractivity contribution in [2.24, 2.45) is 0 Å². The van der Waals surface area contributed by atoms with Crippen molar-refractivity contribution in [2.45, 2.75) is 132 Å². The quantitative estimate of drug-likeness (QED) is 0.137. The second-order valence-corrected chi connectivity index (χ2v) is 5.94. The Bertz CT molecular complexity index is 86.1. The first-order valence-electron chi connectivity index (χ1n) is 10.9. The summed E-state index contributed by atoms with van der Waals surface area (Å²) in [6.45, 7) is 17.5. The Morgan fingerprint density at radius 1 is 0.360 bits per heavy atom. The van der Waals surface area contributed by atoms with Crippen LogP contribution >= 0.6 is 0 Å². The average molecular weight is 519 g/mol. The fourth-order valence-corrected chi connectivity index (χ4v) is 1.63. The first-order chi connectivity index (χ1) is 11.7. The molecule has 0 amide bonds. The summed E-state index contributed by atoms with van der Waals surface area (Å²) < 4.78 is 0. The summed E-state index contributed by atoms with van der Waals surface area (Å²) in [5.74, 6) is 0. The minimum absolute atomic E-state index is 0. The molecular weight excluding hydrogens is 467 g/mol. The predicted molar refractivity (Wildman–Crippen MR) is 118 cm³/mol. The van der Waals surface area contributed by atoms with Crippen LogP contribution in [-0.2, 0) is 25.8 Å². The van der Waals surface area contributed by atoms with Crippen LogP contribution in [0.3, 0.4) is 0 Å². The molecule has 0 aliphatic heterocycles. The van der Waals surface area contributed by atoms with Crippen LogP contribution in [0.4, 0.5) is 0 Å². The van der Waals surface area contributed by atoms with E-state index in [1.165, 1.54) is 77.0 Å². The molecule has 0 radical (unpaired) electrons. The van der Waals surface area contributed by atoms with E-state index in [2.05, 4.69) is 81.1 Å². The summed E-state index contributed by atoms with van der Waals surface area (Å²) in [4.78, 5) is 0. The second-order valence-electron chi connectivity index (χ2n) is 5.94. The van der Waals surface area contributed by atoms with Crippen molar-refractivity contribution < 1.29 is 25.8 Å². The molecule has 0 fully saturated rings. The van der Waals surface area contributed by atoms with E-state index >= 15 is 0 Å². The summed E-state index contributed by atoms with van der Waals surface area (Å²) >= 11 is 0. The van der Waals surface area contributed by atoms with Gasteiger partial charge in [-0.25, -0.2) is 0 Å². The molecule has 0 saturated carbocycles. The van der Waals surface area contributed by atoms with E-state index < -0.39 is 0 Å². The van der Waals surface area contributed by atoms with Crippen molar-refractivity contribution in [2.75, 3.05) is 0 Å². The Balaban J connectivity index is -0.0000000702. The average Bonchev–Trinajstić information content (AvgIpc) is 2.62. The van der Waals surface area contributed by atoms with Gasteiger partial charge in [0.25, 0.3) is 0 Å². The summed E-state index contributed by atoms with van der Waals surface area (Å²) in [5.41, 5.74) is 0. The standard InChI is InChI=1S/4C6H13.Hf/c4*1-3-5-6-4-2;/h4*5H,3-4,6H2,1-2H3;/q4*-1;+4. The molecular formula is C24H52Hf. The Kier molecular flexibility index (Phi) is 73.2. The normalized spacial score (nSPS) is 8.64. The minimum atomic E-state index is 0. The van der Waals surface area contributed by atoms with Gasteiger partial charge in [-0.15, -0.1) is 0 Å². The first-order valence-corrected chi connectivity index (χ1v) is 10.9. The zero-order valence-electron chi connectivity index (χ0n) is 19.3. The SMILES string of the molecule is CC[CH-]CCC.CC[CH-]CCC.CC[CH-]CCC.CC[CH-]CCC.[Hf+4]. The Labute approximate surface area is 183 Å². The van der Waals surface area contributed by atoms with Crippen molar-refractivity contribution in [3.63, 3.8) is 0 Å². The van der Waals surface area contributed by atoms with E-state index in [4.69, 9.17) is 0 Å². The van der Waals surface area contributed by atoms with E-state index in [0.717, 1.165) is 0 Å². The molecule has 0 bridgehead atoms. The molecule has 0 aromatic rings. The van der Waals surface area contributed by atoms with Gasteiger partial charge in [0, 0.05) is 0 Å². The first kappa shape index (κ1) is 36.7. The van der Waals surface area contributed by atoms with Crippen LogP contribution in [-0.4, -0.2) is 0 Å². The van der Waals surface area contributed by atoms with Crippen molar-refractivity contribution >= 4 is 0 Å². The van der Waals surface area contributed by atoms with Gasteiger partial charge in [-0.05, 0) is 0 Å². The van der Waals surface area contributed by atoms with Gasteiger partial charge in [-0.2, -0.15) is 51.4 Å². The van der Waals surface area contributed by atoms with Crippen molar-refractivity contribution in [1.29, 1.82) is 0 Å². The molecule has 0 atom stereocenters. The molecule has 0 spiro atoms. The van der Waals surface area contributed by atoms with Crippen molar-refractivity contribution in [3.05, 3.63) is 25.7 Å². The zero-order valence-corrected chi connectivity index (χ0v) is 22.9. The monoisotopic (exact) mass is 520 g/mol. The van der Waals surface area contributed by atoms with Crippen LogP contribution in [0.15, 0.2) is 0 Å². The molecule has 0 aliphatic carbocycles. The molecule has 0 aliphatic rings. The fraction of sp³-hybridized carbons (Fsp3) is 0.833. The number of unbranched alkanes of at least 4 members (excludes halogenated alkanes) is 12. The maximum atomic E-state index is 2.31. The largest absolute Gasteiger partial charge is 4.00 e. The second kappa shape index (κ2) is 49.8. The van der Waals surface area contributed by atoms with Gasteiger partial charge < -0.3 is 25.7 Å². The van der Waals surface area contributed by atoms with Gasteiger partial charge in [-0.1, -0.05) is 81.1 Å². The maximum Gasteiger partial charge on any atom is 4.00 e. The smallest absolute Gasteiger partial charge is 0.329 e. The summed E-state index contributed by atoms with van der Waals surface area (Å²) in [5, 5.41) is 0. The van der Waals surface area contributed by atoms with Gasteiger partial charge in [-0.3, -0.25) is 0 Å². The topological polar surface area (TPSA) is 0 Å². The van der Waals surface area contributed by atoms with Gasteiger partial charge in [0.1, 0.15) is 0 Å². The molecule has 0 heterocycles. The molecule has 0 rings (SSSR count). The van der Waals surface area contributed by atoms with Crippen LogP contribution in [0, 0.1) is 25.7 Å². The van der Waals surface area contributed by atoms with Crippen molar-refractivity contribution in [1.82, 2.24) is 0 Å². The number of hydrogen-bond acceptors (Lipinski definition) is 0. The van der Waals surface area contributed by atoms with Gasteiger partial charge in [0.2, 0.25) is 0 Å². The number of hydrogen-bond donors (Lipinski definition) is 0. The van der Waals surface area contributed by atoms with Crippen molar-refractivity contribution in [3.8, 4) is 0 Å². The number of rotatable bonds is 12. The molecule has 0 aromatic carbocycles. The van der Waals surface area contributed by atoms with Gasteiger partial charge >= 0.3 is 25.8 Å². The Morgan fingerprint density at radius 2 is 0.520 bits per heavy atom. The van der Waals surface area contributed by atoms with Gasteiger partial charge in [0.15, 0.2) is 0 Å². The van der Waals surface area contributed by atoms with Crippen LogP contribution in [0.1, 0.15) is 132 Å². The Hall–Kier alpha value is 0.870. The molecule has 25 heavy (non-hydrogen) atoms. The molecule has 0 N–H and O–H groups in total. The summed E-state index contributed by atoms with van der Waals surface area (Å²) in [7, 11) is 0. The maximum absolute atomic E-state index is 2.31. The third kappa shape index (κ3) is 78.5. The predicted octanol–water partition coefficient (Wildman–Crippen LogP) is 9.60.